The molecular weight excluding hydrogens is 295 g/mol. The van der Waals surface area contributed by atoms with Gasteiger partial charge in [-0.25, -0.2) is 9.37 Å². The molecule has 23 heavy (non-hydrogen) atoms. The van der Waals surface area contributed by atoms with Gasteiger partial charge in [-0.2, -0.15) is 5.10 Å². The Morgan fingerprint density at radius 3 is 2.87 bits per heavy atom. The Balaban J connectivity index is 1.65. The Bertz CT molecular complexity index is 908. The van der Waals surface area contributed by atoms with Crippen LogP contribution in [0, 0.1) is 5.82 Å². The van der Waals surface area contributed by atoms with E-state index in [4.69, 9.17) is 0 Å². The highest BCUT2D eigenvalue weighted by molar-refractivity contribution is 5.77. The number of hydrogen-bond acceptors (Lipinski definition) is 3. The van der Waals surface area contributed by atoms with Crippen LogP contribution in [0.25, 0.3) is 10.9 Å². The van der Waals surface area contributed by atoms with Gasteiger partial charge in [-0.15, -0.1) is 0 Å². The van der Waals surface area contributed by atoms with Crippen molar-refractivity contribution in [3.8, 4) is 0 Å². The van der Waals surface area contributed by atoms with E-state index in [0.717, 1.165) is 18.5 Å². The Labute approximate surface area is 132 Å². The molecule has 1 fully saturated rings. The summed E-state index contributed by atoms with van der Waals surface area (Å²) in [7, 11) is 0. The Kier molecular flexibility index (Phi) is 3.44. The summed E-state index contributed by atoms with van der Waals surface area (Å²) in [5, 5.41) is 4.88. The molecule has 0 radical (unpaired) electrons. The van der Waals surface area contributed by atoms with Gasteiger partial charge in [0, 0.05) is 6.20 Å². The first-order valence-electron chi connectivity index (χ1n) is 7.90. The zero-order chi connectivity index (χ0) is 15.8. The lowest BCUT2D eigenvalue weighted by Gasteiger charge is -2.09. The van der Waals surface area contributed by atoms with Crippen molar-refractivity contribution in [1.82, 2.24) is 19.3 Å². The molecule has 2 heterocycles. The molecule has 0 bridgehead atoms. The molecule has 1 saturated carbocycles. The van der Waals surface area contributed by atoms with E-state index in [9.17, 15) is 9.18 Å². The minimum atomic E-state index is -0.475. The fraction of sp³-hybridized carbons (Fsp3) is 0.353. The summed E-state index contributed by atoms with van der Waals surface area (Å²) in [6.07, 6.45) is 8.20. The van der Waals surface area contributed by atoms with Crippen molar-refractivity contribution >= 4 is 10.9 Å². The lowest BCUT2D eigenvalue weighted by atomic mass is 10.2. The summed E-state index contributed by atoms with van der Waals surface area (Å²) in [6, 6.07) is 6.84. The summed E-state index contributed by atoms with van der Waals surface area (Å²) >= 11 is 0. The van der Waals surface area contributed by atoms with E-state index < -0.39 is 5.82 Å². The highest BCUT2D eigenvalue weighted by Gasteiger charge is 2.17. The molecule has 0 atom stereocenters. The van der Waals surface area contributed by atoms with E-state index in [2.05, 4.69) is 10.1 Å². The normalized spacial score (nSPS) is 15.5. The molecule has 118 valence electrons. The van der Waals surface area contributed by atoms with Crippen LogP contribution >= 0.6 is 0 Å². The minimum absolute atomic E-state index is 0.116. The average Bonchev–Trinajstić information content (AvgIpc) is 3.22. The van der Waals surface area contributed by atoms with Crippen molar-refractivity contribution in [2.75, 3.05) is 0 Å². The molecule has 0 amide bonds. The highest BCUT2D eigenvalue weighted by Crippen LogP contribution is 2.28. The van der Waals surface area contributed by atoms with Crippen LogP contribution in [0.15, 0.2) is 41.6 Å². The third-order valence-corrected chi connectivity index (χ3v) is 4.50. The fourth-order valence-electron chi connectivity index (χ4n) is 3.27. The number of hydrogen-bond donors (Lipinski definition) is 0. The van der Waals surface area contributed by atoms with Crippen LogP contribution in [-0.2, 0) is 6.54 Å². The standard InChI is InChI=1S/C17H17FN4O/c18-15-7-3-6-14-16(15)19-11-21(17(14)23)10-12-8-9-22(20-12)13-4-1-2-5-13/h3,6-9,11,13H,1-2,4-5,10H2. The van der Waals surface area contributed by atoms with Gasteiger partial charge in [-0.05, 0) is 31.0 Å². The topological polar surface area (TPSA) is 52.7 Å². The summed E-state index contributed by atoms with van der Waals surface area (Å²) in [4.78, 5) is 16.5. The second kappa shape index (κ2) is 5.61. The summed E-state index contributed by atoms with van der Waals surface area (Å²) < 4.78 is 17.2. The number of nitrogens with zero attached hydrogens (tertiary/aromatic N) is 4. The number of halogens is 1. The zero-order valence-electron chi connectivity index (χ0n) is 12.7. The smallest absolute Gasteiger partial charge is 0.261 e. The van der Waals surface area contributed by atoms with E-state index >= 15 is 0 Å². The van der Waals surface area contributed by atoms with Gasteiger partial charge < -0.3 is 0 Å². The maximum absolute atomic E-state index is 13.7. The average molecular weight is 312 g/mol. The molecular formula is C17H17FN4O. The highest BCUT2D eigenvalue weighted by atomic mass is 19.1. The lowest BCUT2D eigenvalue weighted by Crippen LogP contribution is -2.22. The van der Waals surface area contributed by atoms with Crippen molar-refractivity contribution in [3.63, 3.8) is 0 Å². The second-order valence-corrected chi connectivity index (χ2v) is 6.04. The van der Waals surface area contributed by atoms with Crippen molar-refractivity contribution in [2.45, 2.75) is 38.3 Å². The molecule has 1 aliphatic rings. The molecule has 2 aromatic heterocycles. The van der Waals surface area contributed by atoms with Crippen molar-refractivity contribution in [2.24, 2.45) is 0 Å². The van der Waals surface area contributed by atoms with Crippen molar-refractivity contribution < 1.29 is 4.39 Å². The second-order valence-electron chi connectivity index (χ2n) is 6.04. The van der Waals surface area contributed by atoms with Gasteiger partial charge >= 0.3 is 0 Å². The van der Waals surface area contributed by atoms with Gasteiger partial charge in [-0.1, -0.05) is 18.9 Å². The molecule has 0 aliphatic heterocycles. The lowest BCUT2D eigenvalue weighted by molar-refractivity contribution is 0.461. The van der Waals surface area contributed by atoms with Crippen LogP contribution in [-0.4, -0.2) is 19.3 Å². The van der Waals surface area contributed by atoms with E-state index in [0.29, 0.717) is 18.0 Å². The molecule has 0 unspecified atom stereocenters. The maximum atomic E-state index is 13.7. The first-order chi connectivity index (χ1) is 11.2. The predicted octanol–water partition coefficient (Wildman–Crippen LogP) is 2.90. The third kappa shape index (κ3) is 2.54. The molecule has 0 N–H and O–H groups in total. The SMILES string of the molecule is O=c1c2cccc(F)c2ncn1Cc1ccn(C2CCCC2)n1. The van der Waals surface area contributed by atoms with E-state index in [1.54, 1.807) is 6.07 Å². The van der Waals surface area contributed by atoms with Crippen LogP contribution in [0.1, 0.15) is 37.4 Å². The summed E-state index contributed by atoms with van der Waals surface area (Å²) in [6.45, 7) is 0.345. The predicted molar refractivity (Wildman–Crippen MR) is 84.8 cm³/mol. The van der Waals surface area contributed by atoms with Crippen LogP contribution in [0.2, 0.25) is 0 Å². The van der Waals surface area contributed by atoms with Gasteiger partial charge in [0.2, 0.25) is 0 Å². The molecule has 0 saturated heterocycles. The van der Waals surface area contributed by atoms with Gasteiger partial charge in [0.15, 0.2) is 0 Å². The number of benzene rings is 1. The largest absolute Gasteiger partial charge is 0.293 e. The Morgan fingerprint density at radius 2 is 2.04 bits per heavy atom. The maximum Gasteiger partial charge on any atom is 0.261 e. The fourth-order valence-corrected chi connectivity index (χ4v) is 3.27. The van der Waals surface area contributed by atoms with E-state index in [1.807, 2.05) is 16.9 Å². The van der Waals surface area contributed by atoms with Crippen molar-refractivity contribution in [1.29, 1.82) is 0 Å². The van der Waals surface area contributed by atoms with Crippen LogP contribution in [0.4, 0.5) is 4.39 Å². The number of rotatable bonds is 3. The first-order valence-corrected chi connectivity index (χ1v) is 7.90. The van der Waals surface area contributed by atoms with Gasteiger partial charge in [-0.3, -0.25) is 14.0 Å². The summed E-state index contributed by atoms with van der Waals surface area (Å²) in [5.74, 6) is -0.475. The Hall–Kier alpha value is -2.50. The van der Waals surface area contributed by atoms with Gasteiger partial charge in [0.05, 0.1) is 30.0 Å². The Morgan fingerprint density at radius 1 is 1.22 bits per heavy atom. The van der Waals surface area contributed by atoms with Crippen LogP contribution in [0.3, 0.4) is 0 Å². The molecule has 1 aromatic carbocycles. The van der Waals surface area contributed by atoms with Crippen LogP contribution < -0.4 is 5.56 Å². The molecule has 3 aromatic rings. The van der Waals surface area contributed by atoms with Crippen LogP contribution in [0.5, 0.6) is 0 Å². The van der Waals surface area contributed by atoms with Crippen molar-refractivity contribution in [3.05, 3.63) is 58.7 Å². The van der Waals surface area contributed by atoms with Gasteiger partial charge in [0.25, 0.3) is 5.56 Å². The number of aromatic nitrogens is 4. The number of para-hydroxylation sites is 1. The monoisotopic (exact) mass is 312 g/mol. The zero-order valence-corrected chi connectivity index (χ0v) is 12.7. The molecule has 1 aliphatic carbocycles. The number of fused-ring (bicyclic) bond motifs is 1. The van der Waals surface area contributed by atoms with E-state index in [-0.39, 0.29) is 11.1 Å². The molecule has 5 nitrogen and oxygen atoms in total. The summed E-state index contributed by atoms with van der Waals surface area (Å²) in [5.41, 5.74) is 0.687. The minimum Gasteiger partial charge on any atom is -0.293 e. The molecule has 6 heteroatoms. The first kappa shape index (κ1) is 14.1. The quantitative estimate of drug-likeness (QED) is 0.747. The molecule has 4 rings (SSSR count). The van der Waals surface area contributed by atoms with E-state index in [1.165, 1.54) is 35.9 Å². The van der Waals surface area contributed by atoms with Gasteiger partial charge in [0.1, 0.15) is 11.3 Å². The molecule has 0 spiro atoms. The third-order valence-electron chi connectivity index (χ3n) is 4.50.